The summed E-state index contributed by atoms with van der Waals surface area (Å²) in [5, 5.41) is 11.5. The topological polar surface area (TPSA) is 82.8 Å². The van der Waals surface area contributed by atoms with Gasteiger partial charge in [-0.1, -0.05) is 13.3 Å². The maximum Gasteiger partial charge on any atom is 0.210 e. The Morgan fingerprint density at radius 1 is 1.24 bits per heavy atom. The van der Waals surface area contributed by atoms with E-state index in [2.05, 4.69) is 27.4 Å². The van der Waals surface area contributed by atoms with Crippen LogP contribution in [0.2, 0.25) is 0 Å². The smallest absolute Gasteiger partial charge is 0.210 e. The third-order valence-electron chi connectivity index (χ3n) is 6.78. The molecule has 0 atom stereocenters. The zero-order valence-electron chi connectivity index (χ0n) is 19.6. The number of benzene rings is 1. The molecule has 1 aliphatic carbocycles. The van der Waals surface area contributed by atoms with Crippen LogP contribution < -0.4 is 14.8 Å². The molecule has 0 radical (unpaired) electrons. The van der Waals surface area contributed by atoms with Crippen LogP contribution in [0.4, 0.5) is 10.3 Å². The van der Waals surface area contributed by atoms with Gasteiger partial charge in [0.05, 0.1) is 25.5 Å². The molecule has 8 nitrogen and oxygen atoms in total. The van der Waals surface area contributed by atoms with Gasteiger partial charge in [-0.05, 0) is 50.2 Å². The highest BCUT2D eigenvalue weighted by Gasteiger charge is 2.23. The molecular weight excluding hydrogens is 437 g/mol. The van der Waals surface area contributed by atoms with Crippen molar-refractivity contribution in [3.8, 4) is 11.5 Å². The Kier molecular flexibility index (Phi) is 7.08. The second-order valence-corrected chi connectivity index (χ2v) is 9.10. The van der Waals surface area contributed by atoms with Gasteiger partial charge in [-0.25, -0.2) is 13.8 Å². The highest BCUT2D eigenvalue weighted by atomic mass is 19.1. The SMILES string of the molecule is CCCCOC1CCC(COc2cnc(NCc3c(F)ccc4c3CCO4)n3cnnc23)CC1. The van der Waals surface area contributed by atoms with E-state index in [9.17, 15) is 4.39 Å². The fraction of sp³-hybridized carbons (Fsp3) is 0.560. The molecule has 9 heteroatoms. The summed E-state index contributed by atoms with van der Waals surface area (Å²) in [6.45, 7) is 4.55. The van der Waals surface area contributed by atoms with Crippen LogP contribution in [0.3, 0.4) is 0 Å². The summed E-state index contributed by atoms with van der Waals surface area (Å²) in [4.78, 5) is 4.51. The van der Waals surface area contributed by atoms with Crippen LogP contribution in [-0.2, 0) is 17.7 Å². The molecule has 1 fully saturated rings. The first-order chi connectivity index (χ1) is 16.7. The van der Waals surface area contributed by atoms with Gasteiger partial charge in [0.2, 0.25) is 11.6 Å². The van der Waals surface area contributed by atoms with Crippen molar-refractivity contribution in [1.82, 2.24) is 19.6 Å². The molecule has 2 aromatic heterocycles. The average Bonchev–Trinajstić information content (AvgIpc) is 3.54. The number of halogens is 1. The Morgan fingerprint density at radius 3 is 2.97 bits per heavy atom. The van der Waals surface area contributed by atoms with Crippen LogP contribution in [0.25, 0.3) is 5.65 Å². The van der Waals surface area contributed by atoms with Crippen molar-refractivity contribution in [2.24, 2.45) is 5.92 Å². The van der Waals surface area contributed by atoms with E-state index in [0.717, 1.165) is 50.0 Å². The maximum atomic E-state index is 14.5. The number of fused-ring (bicyclic) bond motifs is 2. The lowest BCUT2D eigenvalue weighted by Crippen LogP contribution is -2.25. The third kappa shape index (κ3) is 4.94. The monoisotopic (exact) mass is 469 g/mol. The molecule has 2 aliphatic rings. The van der Waals surface area contributed by atoms with Gasteiger partial charge in [-0.3, -0.25) is 0 Å². The molecule has 1 saturated carbocycles. The van der Waals surface area contributed by atoms with Gasteiger partial charge < -0.3 is 19.5 Å². The Morgan fingerprint density at radius 2 is 2.12 bits per heavy atom. The Hall–Kier alpha value is -2.94. The normalized spacial score (nSPS) is 19.7. The number of anilines is 1. The first-order valence-corrected chi connectivity index (χ1v) is 12.3. The van der Waals surface area contributed by atoms with Gasteiger partial charge >= 0.3 is 0 Å². The van der Waals surface area contributed by atoms with Crippen LogP contribution in [0.5, 0.6) is 11.5 Å². The van der Waals surface area contributed by atoms with Gasteiger partial charge in [0.1, 0.15) is 17.9 Å². The Labute approximate surface area is 198 Å². The molecule has 34 heavy (non-hydrogen) atoms. The molecule has 5 rings (SSSR count). The van der Waals surface area contributed by atoms with Crippen molar-refractivity contribution in [1.29, 1.82) is 0 Å². The largest absolute Gasteiger partial charge is 0.493 e. The lowest BCUT2D eigenvalue weighted by Gasteiger charge is -2.28. The number of hydrogen-bond donors (Lipinski definition) is 1. The zero-order chi connectivity index (χ0) is 23.3. The second kappa shape index (κ2) is 10.5. The Bertz CT molecular complexity index is 1110. The van der Waals surface area contributed by atoms with Crippen molar-refractivity contribution in [3.63, 3.8) is 0 Å². The number of unbranched alkanes of at least 4 members (excludes halogenated alkanes) is 1. The molecule has 3 heterocycles. The van der Waals surface area contributed by atoms with Crippen LogP contribution >= 0.6 is 0 Å². The quantitative estimate of drug-likeness (QED) is 0.436. The molecule has 0 spiro atoms. The molecule has 3 aromatic rings. The molecule has 0 unspecified atom stereocenters. The summed E-state index contributed by atoms with van der Waals surface area (Å²) in [5.74, 6) is 2.14. The Balaban J connectivity index is 1.19. The number of nitrogens with one attached hydrogen (secondary N) is 1. The predicted octanol–water partition coefficient (Wildman–Crippen LogP) is 4.56. The van der Waals surface area contributed by atoms with Crippen molar-refractivity contribution >= 4 is 11.6 Å². The second-order valence-electron chi connectivity index (χ2n) is 9.10. The summed E-state index contributed by atoms with van der Waals surface area (Å²) in [5.41, 5.74) is 2.11. The minimum absolute atomic E-state index is 0.248. The van der Waals surface area contributed by atoms with E-state index in [1.54, 1.807) is 23.0 Å². The molecule has 182 valence electrons. The molecule has 0 saturated heterocycles. The van der Waals surface area contributed by atoms with Gasteiger partial charge in [0, 0.05) is 30.7 Å². The van der Waals surface area contributed by atoms with Crippen LogP contribution in [0, 0.1) is 11.7 Å². The molecule has 1 aromatic carbocycles. The van der Waals surface area contributed by atoms with E-state index in [1.165, 1.54) is 12.5 Å². The number of aromatic nitrogens is 4. The van der Waals surface area contributed by atoms with Crippen molar-refractivity contribution in [2.45, 2.75) is 64.5 Å². The number of nitrogens with zero attached hydrogens (tertiary/aromatic N) is 4. The van der Waals surface area contributed by atoms with E-state index in [-0.39, 0.29) is 5.82 Å². The lowest BCUT2D eigenvalue weighted by molar-refractivity contribution is 0.0116. The van der Waals surface area contributed by atoms with Crippen molar-refractivity contribution in [2.75, 3.05) is 25.1 Å². The van der Waals surface area contributed by atoms with Crippen molar-refractivity contribution < 1.29 is 18.6 Å². The molecule has 1 N–H and O–H groups in total. The minimum atomic E-state index is -0.248. The van der Waals surface area contributed by atoms with Gasteiger partial charge in [-0.2, -0.15) is 0 Å². The summed E-state index contributed by atoms with van der Waals surface area (Å²) in [6, 6.07) is 3.14. The standard InChI is InChI=1S/C25H32FN5O3/c1-2-3-11-32-18-6-4-17(5-7-18)15-34-23-14-28-25(31-16-29-30-24(23)31)27-13-20-19-10-12-33-22(19)9-8-21(20)26/h8-9,14,16-18H,2-7,10-13,15H2,1H3,(H,27,28). The zero-order valence-corrected chi connectivity index (χ0v) is 19.6. The predicted molar refractivity (Wildman–Crippen MR) is 126 cm³/mol. The van der Waals surface area contributed by atoms with Crippen molar-refractivity contribution in [3.05, 3.63) is 41.6 Å². The van der Waals surface area contributed by atoms with Gasteiger partial charge in [-0.15, -0.1) is 10.2 Å². The average molecular weight is 470 g/mol. The molecule has 0 amide bonds. The highest BCUT2D eigenvalue weighted by Crippen LogP contribution is 2.31. The van der Waals surface area contributed by atoms with Gasteiger partial charge in [0.15, 0.2) is 5.75 Å². The number of hydrogen-bond acceptors (Lipinski definition) is 7. The summed E-state index contributed by atoms with van der Waals surface area (Å²) in [7, 11) is 0. The fourth-order valence-electron chi connectivity index (χ4n) is 4.77. The van der Waals surface area contributed by atoms with Crippen LogP contribution in [0.1, 0.15) is 56.6 Å². The molecule has 1 aliphatic heterocycles. The fourth-order valence-corrected chi connectivity index (χ4v) is 4.77. The summed E-state index contributed by atoms with van der Waals surface area (Å²) >= 11 is 0. The minimum Gasteiger partial charge on any atom is -0.493 e. The summed E-state index contributed by atoms with van der Waals surface area (Å²) < 4.78 is 33.9. The highest BCUT2D eigenvalue weighted by molar-refractivity contribution is 5.56. The molecular formula is C25H32FN5O3. The first kappa shape index (κ1) is 22.8. The first-order valence-electron chi connectivity index (χ1n) is 12.3. The van der Waals surface area contributed by atoms with Crippen LogP contribution in [0.15, 0.2) is 24.7 Å². The van der Waals surface area contributed by atoms with E-state index in [1.807, 2.05) is 0 Å². The lowest BCUT2D eigenvalue weighted by atomic mass is 9.88. The third-order valence-corrected chi connectivity index (χ3v) is 6.78. The number of rotatable bonds is 10. The van der Waals surface area contributed by atoms with E-state index in [0.29, 0.717) is 61.1 Å². The maximum absolute atomic E-state index is 14.5. The van der Waals surface area contributed by atoms with E-state index in [4.69, 9.17) is 14.2 Å². The van der Waals surface area contributed by atoms with Crippen LogP contribution in [-0.4, -0.2) is 45.5 Å². The molecule has 0 bridgehead atoms. The van der Waals surface area contributed by atoms with Gasteiger partial charge in [0.25, 0.3) is 0 Å². The van der Waals surface area contributed by atoms with E-state index >= 15 is 0 Å². The van der Waals surface area contributed by atoms with E-state index < -0.39 is 0 Å². The number of ether oxygens (including phenoxy) is 3. The summed E-state index contributed by atoms with van der Waals surface area (Å²) in [6.07, 6.45) is 11.0.